The Hall–Kier alpha value is -2.76. The maximum absolute atomic E-state index is 6.16. The van der Waals surface area contributed by atoms with Crippen LogP contribution in [0.1, 0.15) is 22.5 Å². The van der Waals surface area contributed by atoms with Crippen molar-refractivity contribution in [2.24, 2.45) is 10.2 Å². The zero-order chi connectivity index (χ0) is 15.9. The fourth-order valence-corrected chi connectivity index (χ4v) is 2.49. The van der Waals surface area contributed by atoms with Crippen LogP contribution in [0.4, 0.5) is 17.2 Å². The molecule has 0 unspecified atom stereocenters. The molecule has 3 aromatic rings. The number of fused-ring (bicyclic) bond motifs is 1. The van der Waals surface area contributed by atoms with Gasteiger partial charge in [0.2, 0.25) is 0 Å². The summed E-state index contributed by atoms with van der Waals surface area (Å²) in [6, 6.07) is 7.94. The van der Waals surface area contributed by atoms with E-state index in [9.17, 15) is 0 Å². The second kappa shape index (κ2) is 5.22. The van der Waals surface area contributed by atoms with Crippen molar-refractivity contribution < 1.29 is 0 Å². The van der Waals surface area contributed by atoms with Gasteiger partial charge in [0, 0.05) is 6.07 Å². The lowest BCUT2D eigenvalue weighted by Crippen LogP contribution is -2.02. The molecule has 0 aliphatic heterocycles. The number of nitrogens with zero attached hydrogens (tertiary/aromatic N) is 5. The molecule has 1 aromatic carbocycles. The molecule has 22 heavy (non-hydrogen) atoms. The Kier molecular flexibility index (Phi) is 3.36. The fourth-order valence-electron chi connectivity index (χ4n) is 2.49. The van der Waals surface area contributed by atoms with Crippen LogP contribution in [-0.4, -0.2) is 14.6 Å². The van der Waals surface area contributed by atoms with Crippen molar-refractivity contribution in [1.29, 1.82) is 0 Å². The summed E-state index contributed by atoms with van der Waals surface area (Å²) in [5, 5.41) is 12.9. The van der Waals surface area contributed by atoms with Crippen molar-refractivity contribution in [3.63, 3.8) is 0 Å². The third-order valence-electron chi connectivity index (χ3n) is 3.38. The fraction of sp³-hybridized carbons (Fsp3) is 0.250. The highest BCUT2D eigenvalue weighted by atomic mass is 15.3. The van der Waals surface area contributed by atoms with Crippen molar-refractivity contribution in [3.05, 3.63) is 46.8 Å². The molecular formula is C16H18N6. The molecule has 2 aromatic heterocycles. The van der Waals surface area contributed by atoms with Crippen molar-refractivity contribution in [2.45, 2.75) is 27.7 Å². The average molecular weight is 294 g/mol. The normalized spacial score (nSPS) is 11.6. The van der Waals surface area contributed by atoms with Crippen LogP contribution in [0.5, 0.6) is 0 Å². The third kappa shape index (κ3) is 2.55. The van der Waals surface area contributed by atoms with Gasteiger partial charge in [-0.05, 0) is 51.0 Å². The highest BCUT2D eigenvalue weighted by Gasteiger charge is 2.11. The highest BCUT2D eigenvalue weighted by molar-refractivity contribution is 5.65. The summed E-state index contributed by atoms with van der Waals surface area (Å²) in [7, 11) is 0. The van der Waals surface area contributed by atoms with E-state index in [1.54, 1.807) is 4.52 Å². The summed E-state index contributed by atoms with van der Waals surface area (Å²) in [6.45, 7) is 7.84. The van der Waals surface area contributed by atoms with Gasteiger partial charge in [-0.2, -0.15) is 14.7 Å². The van der Waals surface area contributed by atoms with Crippen molar-refractivity contribution in [3.8, 4) is 0 Å². The molecule has 0 radical (unpaired) electrons. The number of nitrogen functional groups attached to an aromatic ring is 1. The summed E-state index contributed by atoms with van der Waals surface area (Å²) in [5.41, 5.74) is 12.1. The number of benzene rings is 1. The third-order valence-corrected chi connectivity index (χ3v) is 3.38. The van der Waals surface area contributed by atoms with E-state index in [-0.39, 0.29) is 0 Å². The van der Waals surface area contributed by atoms with Gasteiger partial charge in [0.25, 0.3) is 0 Å². The molecule has 0 atom stereocenters. The zero-order valence-electron chi connectivity index (χ0n) is 13.1. The number of hydrogen-bond acceptors (Lipinski definition) is 5. The molecule has 3 rings (SSSR count). The molecule has 0 fully saturated rings. The topological polar surface area (TPSA) is 80.9 Å². The molecule has 6 nitrogen and oxygen atoms in total. The van der Waals surface area contributed by atoms with Crippen LogP contribution < -0.4 is 5.73 Å². The Balaban J connectivity index is 2.08. The van der Waals surface area contributed by atoms with Crippen LogP contribution in [0.2, 0.25) is 0 Å². The first kappa shape index (κ1) is 14.2. The molecule has 0 bridgehead atoms. The first-order valence-electron chi connectivity index (χ1n) is 7.06. The molecule has 6 heteroatoms. The number of rotatable bonds is 2. The maximum atomic E-state index is 6.16. The quantitative estimate of drug-likeness (QED) is 0.726. The number of hydrogen-bond donors (Lipinski definition) is 1. The highest BCUT2D eigenvalue weighted by Crippen LogP contribution is 2.28. The van der Waals surface area contributed by atoms with Crippen LogP contribution in [-0.2, 0) is 0 Å². The van der Waals surface area contributed by atoms with E-state index >= 15 is 0 Å². The zero-order valence-corrected chi connectivity index (χ0v) is 13.1. The van der Waals surface area contributed by atoms with Crippen LogP contribution in [0.3, 0.4) is 0 Å². The van der Waals surface area contributed by atoms with Gasteiger partial charge in [-0.3, -0.25) is 0 Å². The summed E-state index contributed by atoms with van der Waals surface area (Å²) in [5.74, 6) is 0.448. The number of aromatic nitrogens is 3. The molecule has 2 N–H and O–H groups in total. The minimum absolute atomic E-state index is 0.448. The number of anilines is 1. The first-order chi connectivity index (χ1) is 10.4. The monoisotopic (exact) mass is 294 g/mol. The smallest absolute Gasteiger partial charge is 0.158 e. The van der Waals surface area contributed by atoms with Gasteiger partial charge in [0.1, 0.15) is 5.69 Å². The minimum Gasteiger partial charge on any atom is -0.382 e. The van der Waals surface area contributed by atoms with Crippen LogP contribution in [0.15, 0.2) is 34.5 Å². The van der Waals surface area contributed by atoms with Gasteiger partial charge in [0.15, 0.2) is 11.5 Å². The Bertz CT molecular complexity index is 871. The first-order valence-corrected chi connectivity index (χ1v) is 7.06. The van der Waals surface area contributed by atoms with Crippen molar-refractivity contribution in [1.82, 2.24) is 14.6 Å². The van der Waals surface area contributed by atoms with Crippen LogP contribution in [0.25, 0.3) is 5.65 Å². The Morgan fingerprint density at radius 1 is 0.955 bits per heavy atom. The number of aryl methyl sites for hydroxylation is 4. The standard InChI is InChI=1S/C16H18N6/c1-9-5-10(2)7-13(6-9)19-20-15-12(4)18-14-8-11(3)21-22(14)16(15)17/h5-8H,17H2,1-4H3. The van der Waals surface area contributed by atoms with Crippen LogP contribution in [0, 0.1) is 27.7 Å². The average Bonchev–Trinajstić information content (AvgIpc) is 2.78. The van der Waals surface area contributed by atoms with Gasteiger partial charge in [-0.25, -0.2) is 4.98 Å². The van der Waals surface area contributed by atoms with E-state index in [0.717, 1.165) is 33.8 Å². The van der Waals surface area contributed by atoms with Gasteiger partial charge in [0.05, 0.1) is 17.1 Å². The number of nitrogens with two attached hydrogens (primary N) is 1. The van der Waals surface area contributed by atoms with E-state index in [2.05, 4.69) is 26.4 Å². The lowest BCUT2D eigenvalue weighted by atomic mass is 10.1. The lowest BCUT2D eigenvalue weighted by Gasteiger charge is -2.05. The summed E-state index contributed by atoms with van der Waals surface area (Å²) < 4.78 is 1.60. The lowest BCUT2D eigenvalue weighted by molar-refractivity contribution is 0.917. The maximum Gasteiger partial charge on any atom is 0.158 e. The predicted octanol–water partition coefficient (Wildman–Crippen LogP) is 3.96. The minimum atomic E-state index is 0.448. The summed E-state index contributed by atoms with van der Waals surface area (Å²) >= 11 is 0. The molecule has 112 valence electrons. The van der Waals surface area contributed by atoms with E-state index in [0.29, 0.717) is 11.5 Å². The largest absolute Gasteiger partial charge is 0.382 e. The van der Waals surface area contributed by atoms with Crippen LogP contribution >= 0.6 is 0 Å². The molecule has 0 amide bonds. The summed E-state index contributed by atoms with van der Waals surface area (Å²) in [4.78, 5) is 4.47. The second-order valence-corrected chi connectivity index (χ2v) is 5.53. The van der Waals surface area contributed by atoms with Gasteiger partial charge < -0.3 is 5.73 Å². The van der Waals surface area contributed by atoms with E-state index in [1.807, 2.05) is 45.9 Å². The molecule has 0 spiro atoms. The molecule has 0 aliphatic rings. The molecular weight excluding hydrogens is 276 g/mol. The predicted molar refractivity (Wildman–Crippen MR) is 87.0 cm³/mol. The van der Waals surface area contributed by atoms with Crippen molar-refractivity contribution in [2.75, 3.05) is 5.73 Å². The van der Waals surface area contributed by atoms with E-state index in [1.165, 1.54) is 0 Å². The Morgan fingerprint density at radius 3 is 2.32 bits per heavy atom. The van der Waals surface area contributed by atoms with Gasteiger partial charge in [-0.15, -0.1) is 5.11 Å². The van der Waals surface area contributed by atoms with E-state index in [4.69, 9.17) is 5.73 Å². The molecule has 0 saturated carbocycles. The van der Waals surface area contributed by atoms with Gasteiger partial charge in [-0.1, -0.05) is 6.07 Å². The molecule has 0 saturated heterocycles. The Morgan fingerprint density at radius 2 is 1.64 bits per heavy atom. The molecule has 2 heterocycles. The van der Waals surface area contributed by atoms with E-state index < -0.39 is 0 Å². The van der Waals surface area contributed by atoms with Crippen molar-refractivity contribution >= 4 is 22.8 Å². The summed E-state index contributed by atoms with van der Waals surface area (Å²) in [6.07, 6.45) is 0. The molecule has 0 aliphatic carbocycles. The SMILES string of the molecule is Cc1cc(C)cc(N=Nc2c(C)nc3cc(C)nn3c2N)c1. The Labute approximate surface area is 128 Å². The number of azo groups is 1. The second-order valence-electron chi connectivity index (χ2n) is 5.53. The van der Waals surface area contributed by atoms with Gasteiger partial charge >= 0.3 is 0 Å².